The van der Waals surface area contributed by atoms with Crippen molar-refractivity contribution < 1.29 is 4.57 Å². The molecule has 4 heteroatoms. The average Bonchev–Trinajstić information content (AvgIpc) is 2.93. The average molecular weight is 334 g/mol. The van der Waals surface area contributed by atoms with E-state index in [1.54, 1.807) is 0 Å². The van der Waals surface area contributed by atoms with Gasteiger partial charge in [0, 0.05) is 44.0 Å². The first kappa shape index (κ1) is 17.2. The maximum atomic E-state index is 13.6. The SMILES string of the molecule is CC(C)N(C(C)C)P1(=O)C[C@H]2CN(Cc3ccccc3)C[C@H]2C1. The Kier molecular flexibility index (Phi) is 5.01. The molecule has 2 fully saturated rings. The molecule has 0 N–H and O–H groups in total. The van der Waals surface area contributed by atoms with Crippen LogP contribution in [0.2, 0.25) is 0 Å². The maximum Gasteiger partial charge on any atom is 0.151 e. The van der Waals surface area contributed by atoms with Crippen molar-refractivity contribution in [1.29, 1.82) is 0 Å². The lowest BCUT2D eigenvalue weighted by Gasteiger charge is -2.36. The van der Waals surface area contributed by atoms with E-state index in [9.17, 15) is 4.57 Å². The van der Waals surface area contributed by atoms with Gasteiger partial charge in [0.25, 0.3) is 0 Å². The lowest BCUT2D eigenvalue weighted by atomic mass is 10.0. The predicted octanol–water partition coefficient (Wildman–Crippen LogP) is 4.15. The Balaban J connectivity index is 1.64. The number of nitrogens with zero attached hydrogens (tertiary/aromatic N) is 2. The fourth-order valence-electron chi connectivity index (χ4n) is 4.85. The molecule has 2 aliphatic heterocycles. The van der Waals surface area contributed by atoms with E-state index >= 15 is 0 Å². The van der Waals surface area contributed by atoms with Crippen molar-refractivity contribution in [2.24, 2.45) is 11.8 Å². The monoisotopic (exact) mass is 334 g/mol. The Morgan fingerprint density at radius 3 is 2.04 bits per heavy atom. The van der Waals surface area contributed by atoms with Gasteiger partial charge in [-0.1, -0.05) is 30.3 Å². The number of benzene rings is 1. The molecule has 0 bridgehead atoms. The summed E-state index contributed by atoms with van der Waals surface area (Å²) >= 11 is 0. The summed E-state index contributed by atoms with van der Waals surface area (Å²) in [4.78, 5) is 2.56. The van der Waals surface area contributed by atoms with Gasteiger partial charge in [0.05, 0.1) is 0 Å². The number of hydrogen-bond acceptors (Lipinski definition) is 2. The summed E-state index contributed by atoms with van der Waals surface area (Å²) in [7, 11) is -2.17. The first-order chi connectivity index (χ1) is 10.9. The molecule has 1 unspecified atom stereocenters. The van der Waals surface area contributed by atoms with Crippen LogP contribution in [-0.4, -0.2) is 47.1 Å². The molecule has 0 radical (unpaired) electrons. The third-order valence-electron chi connectivity index (χ3n) is 5.42. The normalized spacial score (nSPS) is 31.4. The van der Waals surface area contributed by atoms with Gasteiger partial charge in [0.2, 0.25) is 0 Å². The highest BCUT2D eigenvalue weighted by Gasteiger charge is 2.50. The lowest BCUT2D eigenvalue weighted by Crippen LogP contribution is -2.35. The van der Waals surface area contributed by atoms with E-state index in [1.165, 1.54) is 5.56 Å². The van der Waals surface area contributed by atoms with Crippen molar-refractivity contribution in [2.45, 2.75) is 46.3 Å². The van der Waals surface area contributed by atoms with Crippen LogP contribution in [0, 0.1) is 11.8 Å². The minimum atomic E-state index is -2.17. The summed E-state index contributed by atoms with van der Waals surface area (Å²) in [6, 6.07) is 11.5. The Hall–Kier alpha value is -0.630. The highest BCUT2D eigenvalue weighted by Crippen LogP contribution is 2.62. The molecular weight excluding hydrogens is 303 g/mol. The van der Waals surface area contributed by atoms with Gasteiger partial charge in [-0.15, -0.1) is 0 Å². The van der Waals surface area contributed by atoms with Crippen molar-refractivity contribution in [3.63, 3.8) is 0 Å². The predicted molar refractivity (Wildman–Crippen MR) is 98.2 cm³/mol. The highest BCUT2D eigenvalue weighted by atomic mass is 31.2. The van der Waals surface area contributed by atoms with Crippen molar-refractivity contribution in [2.75, 3.05) is 25.4 Å². The van der Waals surface area contributed by atoms with Crippen LogP contribution in [0.15, 0.2) is 30.3 Å². The van der Waals surface area contributed by atoms with Gasteiger partial charge < -0.3 is 4.57 Å². The molecule has 0 amide bonds. The van der Waals surface area contributed by atoms with E-state index in [4.69, 9.17) is 0 Å². The third-order valence-corrected chi connectivity index (χ3v) is 9.26. The van der Waals surface area contributed by atoms with Crippen LogP contribution in [-0.2, 0) is 11.1 Å². The summed E-state index contributed by atoms with van der Waals surface area (Å²) in [5.74, 6) is 1.26. The van der Waals surface area contributed by atoms with Crippen molar-refractivity contribution in [3.8, 4) is 0 Å². The molecule has 0 aromatic heterocycles. The highest BCUT2D eigenvalue weighted by molar-refractivity contribution is 7.61. The number of rotatable bonds is 5. The van der Waals surface area contributed by atoms with E-state index in [0.29, 0.717) is 23.9 Å². The molecule has 0 spiro atoms. The van der Waals surface area contributed by atoms with Gasteiger partial charge >= 0.3 is 0 Å². The van der Waals surface area contributed by atoms with Gasteiger partial charge in [-0.2, -0.15) is 0 Å². The van der Waals surface area contributed by atoms with E-state index in [1.807, 2.05) is 0 Å². The smallest absolute Gasteiger partial charge is 0.151 e. The number of hydrogen-bond donors (Lipinski definition) is 0. The summed E-state index contributed by atoms with van der Waals surface area (Å²) in [5.41, 5.74) is 1.39. The number of likely N-dealkylation sites (tertiary alicyclic amines) is 1. The zero-order valence-corrected chi connectivity index (χ0v) is 15.9. The molecule has 0 saturated carbocycles. The lowest BCUT2D eigenvalue weighted by molar-refractivity contribution is 0.291. The van der Waals surface area contributed by atoms with E-state index in [0.717, 1.165) is 32.0 Å². The zero-order chi connectivity index (χ0) is 16.6. The van der Waals surface area contributed by atoms with Gasteiger partial charge in [-0.05, 0) is 45.1 Å². The fourth-order valence-corrected chi connectivity index (χ4v) is 9.36. The van der Waals surface area contributed by atoms with Gasteiger partial charge in [0.15, 0.2) is 7.29 Å². The quantitative estimate of drug-likeness (QED) is 0.756. The molecule has 1 aromatic rings. The van der Waals surface area contributed by atoms with Crippen LogP contribution >= 0.6 is 7.29 Å². The molecule has 128 valence electrons. The van der Waals surface area contributed by atoms with Crippen LogP contribution < -0.4 is 0 Å². The standard InChI is InChI=1S/C19H31N2OP/c1-15(2)21(16(3)4)23(22)13-18-11-20(12-19(18)14-23)10-17-8-6-5-7-9-17/h5-9,15-16,18-19H,10-14H2,1-4H3/t18-,19+,23?. The molecule has 1 aromatic carbocycles. The zero-order valence-electron chi connectivity index (χ0n) is 15.0. The van der Waals surface area contributed by atoms with E-state index in [2.05, 4.69) is 67.6 Å². The summed E-state index contributed by atoms with van der Waals surface area (Å²) < 4.78 is 15.9. The molecule has 23 heavy (non-hydrogen) atoms. The van der Waals surface area contributed by atoms with Gasteiger partial charge in [-0.25, -0.2) is 4.67 Å². The van der Waals surface area contributed by atoms with Crippen LogP contribution in [0.1, 0.15) is 33.3 Å². The topological polar surface area (TPSA) is 23.6 Å². The van der Waals surface area contributed by atoms with Crippen LogP contribution in [0.3, 0.4) is 0 Å². The molecule has 2 saturated heterocycles. The minimum absolute atomic E-state index is 0.375. The minimum Gasteiger partial charge on any atom is -0.306 e. The number of fused-ring (bicyclic) bond motifs is 1. The van der Waals surface area contributed by atoms with Crippen molar-refractivity contribution >= 4 is 7.29 Å². The molecule has 3 atom stereocenters. The van der Waals surface area contributed by atoms with E-state index < -0.39 is 7.29 Å². The summed E-state index contributed by atoms with van der Waals surface area (Å²) in [6.45, 7) is 12.0. The molecular formula is C19H31N2OP. The Bertz CT molecular complexity index is 546. The van der Waals surface area contributed by atoms with Crippen LogP contribution in [0.25, 0.3) is 0 Å². The molecule has 0 aliphatic carbocycles. The van der Waals surface area contributed by atoms with Gasteiger partial charge in [-0.3, -0.25) is 4.90 Å². The van der Waals surface area contributed by atoms with Gasteiger partial charge in [0.1, 0.15) is 0 Å². The Morgan fingerprint density at radius 2 is 1.57 bits per heavy atom. The first-order valence-corrected chi connectivity index (χ1v) is 11.1. The Morgan fingerprint density at radius 1 is 1.04 bits per heavy atom. The summed E-state index contributed by atoms with van der Waals surface area (Å²) in [6.07, 6.45) is 1.86. The fraction of sp³-hybridized carbons (Fsp3) is 0.684. The van der Waals surface area contributed by atoms with Crippen molar-refractivity contribution in [1.82, 2.24) is 9.57 Å². The molecule has 2 aliphatic rings. The largest absolute Gasteiger partial charge is 0.306 e. The molecule has 3 nitrogen and oxygen atoms in total. The van der Waals surface area contributed by atoms with Crippen LogP contribution in [0.5, 0.6) is 0 Å². The Labute approximate surface area is 141 Å². The second-order valence-corrected chi connectivity index (χ2v) is 10.9. The first-order valence-electron chi connectivity index (χ1n) is 9.02. The van der Waals surface area contributed by atoms with Crippen LogP contribution in [0.4, 0.5) is 0 Å². The maximum absolute atomic E-state index is 13.6. The van der Waals surface area contributed by atoms with E-state index in [-0.39, 0.29) is 0 Å². The third kappa shape index (κ3) is 3.57. The molecule has 2 heterocycles. The second kappa shape index (κ2) is 6.70. The second-order valence-electron chi connectivity index (χ2n) is 7.98. The summed E-state index contributed by atoms with van der Waals surface area (Å²) in [5, 5.41) is 0. The van der Waals surface area contributed by atoms with Crippen molar-refractivity contribution in [3.05, 3.63) is 35.9 Å². The molecule has 3 rings (SSSR count).